The first-order chi connectivity index (χ1) is 7.81. The fourth-order valence-electron chi connectivity index (χ4n) is 1.77. The number of ether oxygens (including phenoxy) is 1. The monoisotopic (exact) mass is 215 g/mol. The molecule has 1 aliphatic rings. The van der Waals surface area contributed by atoms with Gasteiger partial charge >= 0.3 is 6.09 Å². The van der Waals surface area contributed by atoms with Gasteiger partial charge in [0.2, 0.25) is 0 Å². The summed E-state index contributed by atoms with van der Waals surface area (Å²) in [5.41, 5.74) is 3.79. The van der Waals surface area contributed by atoms with E-state index in [0.29, 0.717) is 6.61 Å². The zero-order valence-electron chi connectivity index (χ0n) is 8.93. The molecule has 1 aliphatic heterocycles. The molecule has 0 bridgehead atoms. The molecule has 1 aromatic rings. The average Bonchev–Trinajstić information content (AvgIpc) is 2.64. The van der Waals surface area contributed by atoms with Gasteiger partial charge in [0.05, 0.1) is 12.2 Å². The van der Waals surface area contributed by atoms with Crippen LogP contribution in [-0.4, -0.2) is 23.6 Å². The van der Waals surface area contributed by atoms with Crippen LogP contribution in [0, 0.1) is 0 Å². The molecule has 16 heavy (non-hydrogen) atoms. The lowest BCUT2D eigenvalue weighted by atomic mass is 10.1. The number of cyclic esters (lactones) is 1. The van der Waals surface area contributed by atoms with E-state index < -0.39 is 0 Å². The zero-order valence-corrected chi connectivity index (χ0v) is 8.93. The second-order valence-electron chi connectivity index (χ2n) is 3.66. The van der Waals surface area contributed by atoms with Crippen LogP contribution in [0.3, 0.4) is 0 Å². The first-order valence-electron chi connectivity index (χ1n) is 5.16. The van der Waals surface area contributed by atoms with Gasteiger partial charge in [-0.05, 0) is 12.0 Å². The molecule has 1 atom stereocenters. The second kappa shape index (κ2) is 4.69. The molecule has 1 heterocycles. The Morgan fingerprint density at radius 3 is 2.94 bits per heavy atom. The number of benzene rings is 1. The molecule has 3 heteroatoms. The summed E-state index contributed by atoms with van der Waals surface area (Å²) in [6.45, 7) is 3.89. The van der Waals surface area contributed by atoms with Gasteiger partial charge in [-0.2, -0.15) is 0 Å². The van der Waals surface area contributed by atoms with E-state index in [1.54, 1.807) is 11.1 Å². The molecule has 1 saturated heterocycles. The van der Waals surface area contributed by atoms with E-state index in [1.165, 1.54) is 5.56 Å². The van der Waals surface area contributed by atoms with E-state index in [2.05, 4.69) is 12.3 Å². The summed E-state index contributed by atoms with van der Waals surface area (Å²) in [5.74, 6) is 0. The number of hydrogen-bond acceptors (Lipinski definition) is 2. The number of nitrogens with zero attached hydrogens (tertiary/aromatic N) is 1. The van der Waals surface area contributed by atoms with E-state index in [9.17, 15) is 4.79 Å². The van der Waals surface area contributed by atoms with Gasteiger partial charge in [0, 0.05) is 0 Å². The predicted octanol–water partition coefficient (Wildman–Crippen LogP) is 2.35. The van der Waals surface area contributed by atoms with Gasteiger partial charge in [0.25, 0.3) is 0 Å². The summed E-state index contributed by atoms with van der Waals surface area (Å²) >= 11 is 0. The molecule has 0 radical (unpaired) electrons. The molecule has 3 nitrogen and oxygen atoms in total. The molecule has 82 valence electrons. The fraction of sp³-hybridized carbons (Fsp3) is 0.231. The standard InChI is InChI=1S/C13H13NO2/c1-2-8-14-12(10-16-13(14)15)9-11-6-4-3-5-7-11/h3-8,12H,1,9-10H2/t12-/m0/s1. The van der Waals surface area contributed by atoms with Crippen LogP contribution in [-0.2, 0) is 11.2 Å². The second-order valence-corrected chi connectivity index (χ2v) is 3.66. The molecular formula is C13H13NO2. The van der Waals surface area contributed by atoms with Gasteiger partial charge in [-0.3, -0.25) is 4.90 Å². The molecule has 1 aromatic carbocycles. The molecule has 1 amide bonds. The quantitative estimate of drug-likeness (QED) is 0.724. The third-order valence-corrected chi connectivity index (χ3v) is 2.55. The van der Waals surface area contributed by atoms with Crippen molar-refractivity contribution >= 4 is 6.09 Å². The van der Waals surface area contributed by atoms with E-state index in [0.717, 1.165) is 6.42 Å². The fourth-order valence-corrected chi connectivity index (χ4v) is 1.77. The van der Waals surface area contributed by atoms with Crippen LogP contribution in [0.2, 0.25) is 0 Å². The Labute approximate surface area is 94.6 Å². The summed E-state index contributed by atoms with van der Waals surface area (Å²) in [4.78, 5) is 12.9. The average molecular weight is 215 g/mol. The van der Waals surface area contributed by atoms with Crippen LogP contribution >= 0.6 is 0 Å². The lowest BCUT2D eigenvalue weighted by Gasteiger charge is -2.15. The molecule has 0 unspecified atom stereocenters. The van der Waals surface area contributed by atoms with Crippen molar-refractivity contribution < 1.29 is 9.53 Å². The summed E-state index contributed by atoms with van der Waals surface area (Å²) in [6.07, 6.45) is 2.00. The van der Waals surface area contributed by atoms with Gasteiger partial charge in [0.15, 0.2) is 0 Å². The molecule has 0 saturated carbocycles. The van der Waals surface area contributed by atoms with Gasteiger partial charge in [-0.1, -0.05) is 36.9 Å². The van der Waals surface area contributed by atoms with Gasteiger partial charge < -0.3 is 4.74 Å². The molecular weight excluding hydrogens is 202 g/mol. The molecule has 0 aromatic heterocycles. The summed E-state index contributed by atoms with van der Waals surface area (Å²) in [7, 11) is 0. The van der Waals surface area contributed by atoms with E-state index in [-0.39, 0.29) is 12.1 Å². The Hall–Kier alpha value is -1.99. The minimum Gasteiger partial charge on any atom is -0.447 e. The Morgan fingerprint density at radius 2 is 2.25 bits per heavy atom. The highest BCUT2D eigenvalue weighted by molar-refractivity contribution is 5.71. The van der Waals surface area contributed by atoms with Crippen LogP contribution in [0.25, 0.3) is 0 Å². The van der Waals surface area contributed by atoms with Crippen LogP contribution in [0.4, 0.5) is 4.79 Å². The lowest BCUT2D eigenvalue weighted by Crippen LogP contribution is -2.30. The Kier molecular flexibility index (Phi) is 3.08. The van der Waals surface area contributed by atoms with Crippen molar-refractivity contribution in [2.24, 2.45) is 0 Å². The lowest BCUT2D eigenvalue weighted by molar-refractivity contribution is 0.166. The van der Waals surface area contributed by atoms with E-state index in [4.69, 9.17) is 4.74 Å². The highest BCUT2D eigenvalue weighted by Crippen LogP contribution is 2.17. The van der Waals surface area contributed by atoms with Crippen LogP contribution in [0.5, 0.6) is 0 Å². The van der Waals surface area contributed by atoms with Crippen molar-refractivity contribution in [1.29, 1.82) is 0 Å². The van der Waals surface area contributed by atoms with E-state index >= 15 is 0 Å². The first kappa shape index (κ1) is 10.5. The largest absolute Gasteiger partial charge is 0.447 e. The maximum Gasteiger partial charge on any atom is 0.414 e. The summed E-state index contributed by atoms with van der Waals surface area (Å²) < 4.78 is 4.99. The normalized spacial score (nSPS) is 19.1. The van der Waals surface area contributed by atoms with E-state index in [1.807, 2.05) is 30.3 Å². The van der Waals surface area contributed by atoms with Crippen molar-refractivity contribution in [3.05, 3.63) is 54.4 Å². The Morgan fingerprint density at radius 1 is 1.50 bits per heavy atom. The maximum atomic E-state index is 11.4. The van der Waals surface area contributed by atoms with Crippen LogP contribution in [0.15, 0.2) is 48.8 Å². The molecule has 2 rings (SSSR count). The molecule has 1 fully saturated rings. The summed E-state index contributed by atoms with van der Waals surface area (Å²) in [5, 5.41) is 0. The third kappa shape index (κ3) is 2.15. The first-order valence-corrected chi connectivity index (χ1v) is 5.16. The van der Waals surface area contributed by atoms with Crippen molar-refractivity contribution in [3.63, 3.8) is 0 Å². The zero-order chi connectivity index (χ0) is 11.4. The van der Waals surface area contributed by atoms with Gasteiger partial charge in [-0.15, -0.1) is 5.73 Å². The molecule has 0 spiro atoms. The smallest absolute Gasteiger partial charge is 0.414 e. The topological polar surface area (TPSA) is 29.5 Å². The number of carbonyl (C=O) groups is 1. The van der Waals surface area contributed by atoms with Crippen molar-refractivity contribution in [2.75, 3.05) is 6.61 Å². The molecule has 0 N–H and O–H groups in total. The number of amides is 1. The predicted molar refractivity (Wildman–Crippen MR) is 60.8 cm³/mol. The van der Waals surface area contributed by atoms with Gasteiger partial charge in [0.1, 0.15) is 6.61 Å². The summed E-state index contributed by atoms with van der Waals surface area (Å²) in [6, 6.07) is 10.1. The Bertz CT molecular complexity index is 421. The maximum absolute atomic E-state index is 11.4. The van der Waals surface area contributed by atoms with Crippen molar-refractivity contribution in [3.8, 4) is 0 Å². The highest BCUT2D eigenvalue weighted by atomic mass is 16.6. The number of hydrogen-bond donors (Lipinski definition) is 0. The third-order valence-electron chi connectivity index (χ3n) is 2.55. The van der Waals surface area contributed by atoms with Crippen LogP contribution < -0.4 is 0 Å². The number of rotatable bonds is 3. The minimum atomic E-state index is -0.322. The Balaban J connectivity index is 2.10. The molecule has 0 aliphatic carbocycles. The van der Waals surface area contributed by atoms with Crippen LogP contribution in [0.1, 0.15) is 5.56 Å². The number of carbonyl (C=O) groups excluding carboxylic acids is 1. The highest BCUT2D eigenvalue weighted by Gasteiger charge is 2.31. The van der Waals surface area contributed by atoms with Gasteiger partial charge in [-0.25, -0.2) is 4.79 Å². The van der Waals surface area contributed by atoms with Crippen molar-refractivity contribution in [2.45, 2.75) is 12.5 Å². The SMILES string of the molecule is C=C=CN1C(=O)OC[C@@H]1Cc1ccccc1. The van der Waals surface area contributed by atoms with Crippen molar-refractivity contribution in [1.82, 2.24) is 4.90 Å². The minimum absolute atomic E-state index is 0.0455.